The predicted octanol–water partition coefficient (Wildman–Crippen LogP) is 4.49. The third-order valence-corrected chi connectivity index (χ3v) is 8.71. The van der Waals surface area contributed by atoms with E-state index in [4.69, 9.17) is 14.7 Å². The van der Waals surface area contributed by atoms with Crippen LogP contribution in [0.5, 0.6) is 0 Å². The summed E-state index contributed by atoms with van der Waals surface area (Å²) in [5.41, 5.74) is 2.36. The fourth-order valence-corrected chi connectivity index (χ4v) is 5.97. The number of hydrogen-bond acceptors (Lipinski definition) is 7. The van der Waals surface area contributed by atoms with E-state index < -0.39 is 21.2 Å². The van der Waals surface area contributed by atoms with Gasteiger partial charge in [-0.15, -0.1) is 0 Å². The Morgan fingerprint density at radius 3 is 2.71 bits per heavy atom. The maximum absolute atomic E-state index is 14.3. The molecule has 2 aliphatic rings. The second-order valence-corrected chi connectivity index (χ2v) is 11.6. The van der Waals surface area contributed by atoms with E-state index in [1.807, 2.05) is 24.3 Å². The number of ether oxygens (including phenoxy) is 1. The van der Waals surface area contributed by atoms with Crippen molar-refractivity contribution in [3.63, 3.8) is 0 Å². The average Bonchev–Trinajstić information content (AvgIpc) is 3.79. The Kier molecular flexibility index (Phi) is 6.37. The van der Waals surface area contributed by atoms with E-state index >= 15 is 0 Å². The Hall–Kier alpha value is -3.76. The van der Waals surface area contributed by atoms with Gasteiger partial charge in [-0.05, 0) is 60.9 Å². The van der Waals surface area contributed by atoms with Crippen LogP contribution in [-0.2, 0) is 27.7 Å². The Balaban J connectivity index is 1.21. The summed E-state index contributed by atoms with van der Waals surface area (Å²) >= 11 is 0. The van der Waals surface area contributed by atoms with Gasteiger partial charge >= 0.3 is 0 Å². The minimum Gasteiger partial charge on any atom is -0.377 e. The zero-order valence-electron chi connectivity index (χ0n) is 20.4. The summed E-state index contributed by atoms with van der Waals surface area (Å²) in [6, 6.07) is 15.9. The fourth-order valence-electron chi connectivity index (χ4n) is 4.50. The molecule has 0 radical (unpaired) electrons. The predicted molar refractivity (Wildman–Crippen MR) is 139 cm³/mol. The van der Waals surface area contributed by atoms with Crippen molar-refractivity contribution in [3.05, 3.63) is 83.3 Å². The number of rotatable bonds is 5. The molecule has 0 spiro atoms. The monoisotopic (exact) mass is 532 g/mol. The molecule has 6 rings (SSSR count). The highest BCUT2D eigenvalue weighted by Crippen LogP contribution is 2.39. The van der Waals surface area contributed by atoms with Crippen LogP contribution < -0.4 is 5.32 Å². The maximum Gasteiger partial charge on any atom is 0.251 e. The zero-order valence-corrected chi connectivity index (χ0v) is 21.2. The van der Waals surface area contributed by atoms with E-state index in [0.717, 1.165) is 28.0 Å². The Bertz CT molecular complexity index is 1660. The van der Waals surface area contributed by atoms with Gasteiger partial charge in [0, 0.05) is 35.2 Å². The Morgan fingerprint density at radius 2 is 1.87 bits per heavy atom. The lowest BCUT2D eigenvalue weighted by Crippen LogP contribution is -2.26. The molecule has 1 aliphatic heterocycles. The first-order valence-corrected chi connectivity index (χ1v) is 14.0. The highest BCUT2D eigenvalue weighted by Gasteiger charge is 2.32. The maximum atomic E-state index is 14.3. The summed E-state index contributed by atoms with van der Waals surface area (Å²) in [6.45, 7) is 0.162. The fraction of sp³-hybridized carbons (Fsp3) is 0.286. The lowest BCUT2D eigenvalue weighted by Gasteiger charge is -2.18. The van der Waals surface area contributed by atoms with Crippen LogP contribution in [0.3, 0.4) is 0 Å². The molecule has 1 atom stereocenters. The molecule has 1 aliphatic carbocycles. The molecule has 4 aromatic rings. The number of aromatic nitrogens is 3. The molecular formula is C28H25FN4O4S. The van der Waals surface area contributed by atoms with Gasteiger partial charge in [-0.25, -0.2) is 17.8 Å². The van der Waals surface area contributed by atoms with Crippen LogP contribution in [0.1, 0.15) is 52.5 Å². The van der Waals surface area contributed by atoms with E-state index in [9.17, 15) is 17.6 Å². The number of alkyl halides is 1. The molecule has 4 heterocycles. The van der Waals surface area contributed by atoms with Crippen LogP contribution in [0.4, 0.5) is 4.39 Å². The molecular weight excluding hydrogens is 507 g/mol. The van der Waals surface area contributed by atoms with Crippen LogP contribution >= 0.6 is 0 Å². The van der Waals surface area contributed by atoms with Crippen molar-refractivity contribution >= 4 is 26.6 Å². The number of carbonyl (C=O) groups excluding carboxylic acids is 1. The molecule has 0 bridgehead atoms. The summed E-state index contributed by atoms with van der Waals surface area (Å²) in [5.74, 6) is 0.0526. The van der Waals surface area contributed by atoms with E-state index in [1.54, 1.807) is 12.3 Å². The van der Waals surface area contributed by atoms with E-state index in [0.29, 0.717) is 17.2 Å². The van der Waals surface area contributed by atoms with Crippen LogP contribution in [0.25, 0.3) is 22.3 Å². The van der Waals surface area contributed by atoms with Crippen molar-refractivity contribution in [2.24, 2.45) is 0 Å². The molecule has 10 heteroatoms. The number of sulfone groups is 1. The first-order chi connectivity index (χ1) is 18.4. The SMILES string of the molecule is O=C(NCc1cc2nc(-c3cccc(C4CC4)n3)ccc2cn1)c1ccc2c(c1)S(=O)(=O)[C@@H](F)CCOC2. The molecule has 1 N–H and O–H groups in total. The normalized spacial score (nSPS) is 18.8. The summed E-state index contributed by atoms with van der Waals surface area (Å²) in [6.07, 6.45) is 3.80. The summed E-state index contributed by atoms with van der Waals surface area (Å²) < 4.78 is 45.0. The lowest BCUT2D eigenvalue weighted by molar-refractivity contribution is 0.0948. The van der Waals surface area contributed by atoms with E-state index in [-0.39, 0.29) is 36.6 Å². The Morgan fingerprint density at radius 1 is 1.03 bits per heavy atom. The number of fused-ring (bicyclic) bond motifs is 2. The van der Waals surface area contributed by atoms with E-state index in [2.05, 4.69) is 16.4 Å². The summed E-state index contributed by atoms with van der Waals surface area (Å²) in [4.78, 5) is 26.6. The van der Waals surface area contributed by atoms with Crippen molar-refractivity contribution in [1.82, 2.24) is 20.3 Å². The average molecular weight is 533 g/mol. The van der Waals surface area contributed by atoms with Crippen molar-refractivity contribution in [3.8, 4) is 11.4 Å². The number of amides is 1. The van der Waals surface area contributed by atoms with Crippen LogP contribution in [0, 0.1) is 0 Å². The largest absolute Gasteiger partial charge is 0.377 e. The van der Waals surface area contributed by atoms with Gasteiger partial charge in [0.2, 0.25) is 15.3 Å². The standard InChI is InChI=1S/C28H25FN4O4S/c29-27-10-11-37-16-20-7-6-18(12-26(20)38(27,35)36)28(34)31-15-21-13-25-19(14-30-21)8-9-24(33-25)23-3-1-2-22(32-23)17-4-5-17/h1-3,6-9,12-14,17,27H,4-5,10-11,15-16H2,(H,31,34)/t27-/m1/s1. The molecule has 1 saturated carbocycles. The van der Waals surface area contributed by atoms with E-state index in [1.165, 1.54) is 31.0 Å². The van der Waals surface area contributed by atoms with Crippen molar-refractivity contribution in [2.45, 2.75) is 48.7 Å². The highest BCUT2D eigenvalue weighted by atomic mass is 32.2. The van der Waals surface area contributed by atoms with Crippen molar-refractivity contribution < 1.29 is 22.3 Å². The summed E-state index contributed by atoms with van der Waals surface area (Å²) in [7, 11) is -4.21. The van der Waals surface area contributed by atoms with Gasteiger partial charge in [0.15, 0.2) is 0 Å². The van der Waals surface area contributed by atoms with Gasteiger partial charge in [-0.1, -0.05) is 12.1 Å². The molecule has 194 valence electrons. The second-order valence-electron chi connectivity index (χ2n) is 9.59. The van der Waals surface area contributed by atoms with Crippen LogP contribution in [-0.4, -0.2) is 41.4 Å². The second kappa shape index (κ2) is 9.85. The molecule has 38 heavy (non-hydrogen) atoms. The van der Waals surface area contributed by atoms with Crippen LogP contribution in [0.15, 0.2) is 65.7 Å². The molecule has 8 nitrogen and oxygen atoms in total. The molecule has 1 amide bonds. The number of nitrogens with one attached hydrogen (secondary N) is 1. The highest BCUT2D eigenvalue weighted by molar-refractivity contribution is 7.92. The first-order valence-electron chi connectivity index (χ1n) is 12.5. The molecule has 1 fully saturated rings. The third-order valence-electron chi connectivity index (χ3n) is 6.81. The van der Waals surface area contributed by atoms with Gasteiger partial charge in [0.25, 0.3) is 5.91 Å². The number of pyridine rings is 3. The molecule has 1 aromatic carbocycles. The Labute approximate surface area is 219 Å². The van der Waals surface area contributed by atoms with Gasteiger partial charge in [0.1, 0.15) is 0 Å². The first kappa shape index (κ1) is 24.6. The number of carbonyl (C=O) groups is 1. The number of benzene rings is 1. The smallest absolute Gasteiger partial charge is 0.251 e. The lowest BCUT2D eigenvalue weighted by atomic mass is 10.1. The third kappa shape index (κ3) is 4.89. The minimum absolute atomic E-state index is 0.0144. The number of halogens is 1. The molecule has 3 aromatic heterocycles. The zero-order chi connectivity index (χ0) is 26.3. The number of nitrogens with zero attached hydrogens (tertiary/aromatic N) is 3. The topological polar surface area (TPSA) is 111 Å². The van der Waals surface area contributed by atoms with Gasteiger partial charge < -0.3 is 10.1 Å². The number of hydrogen-bond donors (Lipinski definition) is 1. The van der Waals surface area contributed by atoms with Gasteiger partial charge in [-0.3, -0.25) is 14.8 Å². The molecule has 0 unspecified atom stereocenters. The van der Waals surface area contributed by atoms with Crippen molar-refractivity contribution in [1.29, 1.82) is 0 Å². The van der Waals surface area contributed by atoms with Crippen molar-refractivity contribution in [2.75, 3.05) is 6.61 Å². The summed E-state index contributed by atoms with van der Waals surface area (Å²) in [5, 5.41) is 3.62. The van der Waals surface area contributed by atoms with Gasteiger partial charge in [0.05, 0.1) is 47.3 Å². The van der Waals surface area contributed by atoms with Gasteiger partial charge in [-0.2, -0.15) is 0 Å². The quantitative estimate of drug-likeness (QED) is 0.403. The minimum atomic E-state index is -4.21. The van der Waals surface area contributed by atoms with Crippen LogP contribution in [0.2, 0.25) is 0 Å². The molecule has 0 saturated heterocycles.